The Morgan fingerprint density at radius 2 is 1.79 bits per heavy atom. The number of benzene rings is 1. The predicted octanol–water partition coefficient (Wildman–Crippen LogP) is 4.26. The highest BCUT2D eigenvalue weighted by atomic mass is 19.4. The van der Waals surface area contributed by atoms with Gasteiger partial charge < -0.3 is 14.5 Å². The number of alkyl halides is 3. The van der Waals surface area contributed by atoms with Gasteiger partial charge >= 0.3 is 12.3 Å². The molecule has 0 saturated carbocycles. The maximum Gasteiger partial charge on any atom is 0.416 e. The molecule has 0 aliphatic carbocycles. The molecular weight excluding hydrogens is 385 g/mol. The summed E-state index contributed by atoms with van der Waals surface area (Å²) >= 11 is 0. The summed E-state index contributed by atoms with van der Waals surface area (Å²) in [6, 6.07) is 6.83. The van der Waals surface area contributed by atoms with Crippen LogP contribution in [0.3, 0.4) is 0 Å². The van der Waals surface area contributed by atoms with E-state index in [9.17, 15) is 18.0 Å². The van der Waals surface area contributed by atoms with E-state index in [2.05, 4.69) is 10.00 Å². The summed E-state index contributed by atoms with van der Waals surface area (Å²) in [6.45, 7) is 6.65. The van der Waals surface area contributed by atoms with Crippen LogP contribution in [0.2, 0.25) is 0 Å². The third kappa shape index (κ3) is 5.02. The van der Waals surface area contributed by atoms with Crippen LogP contribution in [0.5, 0.6) is 0 Å². The Morgan fingerprint density at radius 3 is 2.38 bits per heavy atom. The highest BCUT2D eigenvalue weighted by Gasteiger charge is 2.30. The second-order valence-electron chi connectivity index (χ2n) is 7.04. The number of aromatic nitrogens is 2. The van der Waals surface area contributed by atoms with Gasteiger partial charge in [0, 0.05) is 37.9 Å². The first-order valence-electron chi connectivity index (χ1n) is 9.70. The molecule has 0 atom stereocenters. The number of unbranched alkanes of at least 4 members (excludes halogenated alkanes) is 1. The zero-order valence-electron chi connectivity index (χ0n) is 16.6. The number of aryl methyl sites for hydroxylation is 1. The van der Waals surface area contributed by atoms with Gasteiger partial charge in [0.1, 0.15) is 0 Å². The molecule has 0 unspecified atom stereocenters. The van der Waals surface area contributed by atoms with Gasteiger partial charge in [-0.25, -0.2) is 9.48 Å². The van der Waals surface area contributed by atoms with Gasteiger partial charge in [-0.05, 0) is 37.6 Å². The van der Waals surface area contributed by atoms with Crippen LogP contribution in [-0.4, -0.2) is 53.6 Å². The van der Waals surface area contributed by atoms with Crippen LogP contribution in [0, 0.1) is 6.92 Å². The smallest absolute Gasteiger partial charge is 0.416 e. The third-order valence-corrected chi connectivity index (χ3v) is 4.90. The van der Waals surface area contributed by atoms with Crippen molar-refractivity contribution in [2.45, 2.75) is 32.9 Å². The fraction of sp³-hybridized carbons (Fsp3) is 0.500. The molecule has 1 aliphatic heterocycles. The summed E-state index contributed by atoms with van der Waals surface area (Å²) in [7, 11) is 0. The number of carbonyl (C=O) groups excluding carboxylic acids is 1. The Kier molecular flexibility index (Phi) is 6.34. The second-order valence-corrected chi connectivity index (χ2v) is 7.04. The number of piperazine rings is 1. The molecule has 9 heteroatoms. The van der Waals surface area contributed by atoms with Crippen molar-refractivity contribution < 1.29 is 22.7 Å². The zero-order chi connectivity index (χ0) is 21.0. The molecule has 1 amide bonds. The van der Waals surface area contributed by atoms with Gasteiger partial charge in [-0.2, -0.15) is 18.3 Å². The molecule has 0 spiro atoms. The first-order chi connectivity index (χ1) is 13.8. The summed E-state index contributed by atoms with van der Waals surface area (Å²) in [4.78, 5) is 15.8. The number of anilines is 1. The Labute approximate surface area is 167 Å². The molecule has 0 N–H and O–H groups in total. The van der Waals surface area contributed by atoms with Gasteiger partial charge in [0.25, 0.3) is 0 Å². The van der Waals surface area contributed by atoms with Crippen LogP contribution in [0.4, 0.5) is 23.8 Å². The number of nitrogens with zero attached hydrogens (tertiary/aromatic N) is 4. The molecule has 0 radical (unpaired) electrons. The lowest BCUT2D eigenvalue weighted by Gasteiger charge is -2.34. The van der Waals surface area contributed by atoms with Gasteiger partial charge in [0.15, 0.2) is 5.82 Å². The standard InChI is InChI=1S/C20H25F3N4O2/c1-3-4-13-29-19(28)26-11-9-25(10-12-26)18-14-15(2)27(24-18)17-7-5-16(6-8-17)20(21,22)23/h5-8,14H,3-4,9-13H2,1-2H3. The molecule has 1 saturated heterocycles. The fourth-order valence-corrected chi connectivity index (χ4v) is 3.18. The number of carbonyl (C=O) groups is 1. The number of ether oxygens (including phenoxy) is 1. The molecule has 1 aromatic heterocycles. The van der Waals surface area contributed by atoms with Crippen LogP contribution in [-0.2, 0) is 10.9 Å². The topological polar surface area (TPSA) is 50.6 Å². The molecule has 6 nitrogen and oxygen atoms in total. The monoisotopic (exact) mass is 410 g/mol. The molecule has 3 rings (SSSR count). The fourth-order valence-electron chi connectivity index (χ4n) is 3.18. The van der Waals surface area contributed by atoms with Crippen molar-refractivity contribution in [3.8, 4) is 5.69 Å². The number of hydrogen-bond donors (Lipinski definition) is 0. The zero-order valence-corrected chi connectivity index (χ0v) is 16.6. The summed E-state index contributed by atoms with van der Waals surface area (Å²) in [6.07, 6.45) is -2.82. The summed E-state index contributed by atoms with van der Waals surface area (Å²) in [5, 5.41) is 4.55. The molecule has 0 bridgehead atoms. The molecule has 1 aliphatic rings. The second kappa shape index (κ2) is 8.75. The van der Waals surface area contributed by atoms with Crippen molar-refractivity contribution in [1.29, 1.82) is 0 Å². The van der Waals surface area contributed by atoms with Crippen molar-refractivity contribution >= 4 is 11.9 Å². The minimum absolute atomic E-state index is 0.287. The lowest BCUT2D eigenvalue weighted by Crippen LogP contribution is -2.49. The maximum absolute atomic E-state index is 12.8. The van der Waals surface area contributed by atoms with E-state index in [-0.39, 0.29) is 6.09 Å². The number of rotatable bonds is 5. The minimum atomic E-state index is -4.36. The Balaban J connectivity index is 1.63. The van der Waals surface area contributed by atoms with E-state index >= 15 is 0 Å². The van der Waals surface area contributed by atoms with E-state index in [0.717, 1.165) is 36.5 Å². The van der Waals surface area contributed by atoms with Gasteiger partial charge in [-0.3, -0.25) is 0 Å². The number of halogens is 3. The first kappa shape index (κ1) is 21.0. The van der Waals surface area contributed by atoms with E-state index in [1.54, 1.807) is 9.58 Å². The SMILES string of the molecule is CCCCOC(=O)N1CCN(c2cc(C)n(-c3ccc(C(F)(F)F)cc3)n2)CC1. The predicted molar refractivity (Wildman–Crippen MR) is 103 cm³/mol. The molecular formula is C20H25F3N4O2. The minimum Gasteiger partial charge on any atom is -0.449 e. The summed E-state index contributed by atoms with van der Waals surface area (Å²) in [5.41, 5.74) is 0.703. The van der Waals surface area contributed by atoms with Crippen molar-refractivity contribution in [2.75, 3.05) is 37.7 Å². The van der Waals surface area contributed by atoms with Crippen LogP contribution in [0.15, 0.2) is 30.3 Å². The quantitative estimate of drug-likeness (QED) is 0.692. The number of hydrogen-bond acceptors (Lipinski definition) is 4. The first-order valence-corrected chi connectivity index (χ1v) is 9.70. The largest absolute Gasteiger partial charge is 0.449 e. The molecule has 29 heavy (non-hydrogen) atoms. The summed E-state index contributed by atoms with van der Waals surface area (Å²) in [5.74, 6) is 0.737. The van der Waals surface area contributed by atoms with Gasteiger partial charge in [0.2, 0.25) is 0 Å². The van der Waals surface area contributed by atoms with Crippen LogP contribution < -0.4 is 4.90 Å². The Hall–Kier alpha value is -2.71. The third-order valence-electron chi connectivity index (χ3n) is 4.90. The van der Waals surface area contributed by atoms with E-state index in [4.69, 9.17) is 4.74 Å². The molecule has 1 aromatic carbocycles. The molecule has 158 valence electrons. The van der Waals surface area contributed by atoms with Crippen LogP contribution >= 0.6 is 0 Å². The Bertz CT molecular complexity index is 825. The summed E-state index contributed by atoms with van der Waals surface area (Å²) < 4.78 is 45.1. The van der Waals surface area contributed by atoms with E-state index in [0.29, 0.717) is 38.5 Å². The Morgan fingerprint density at radius 1 is 1.14 bits per heavy atom. The molecule has 2 aromatic rings. The maximum atomic E-state index is 12.8. The van der Waals surface area contributed by atoms with Gasteiger partial charge in [-0.1, -0.05) is 13.3 Å². The molecule has 1 fully saturated rings. The molecule has 2 heterocycles. The van der Waals surface area contributed by atoms with Crippen molar-refractivity contribution in [2.24, 2.45) is 0 Å². The average Bonchev–Trinajstić information content (AvgIpc) is 3.09. The van der Waals surface area contributed by atoms with Gasteiger partial charge in [0.05, 0.1) is 17.9 Å². The van der Waals surface area contributed by atoms with Crippen molar-refractivity contribution in [3.05, 3.63) is 41.6 Å². The lowest BCUT2D eigenvalue weighted by molar-refractivity contribution is -0.137. The normalized spacial score (nSPS) is 14.9. The van der Waals surface area contributed by atoms with Crippen LogP contribution in [0.1, 0.15) is 31.0 Å². The van der Waals surface area contributed by atoms with E-state index < -0.39 is 11.7 Å². The number of amides is 1. The van der Waals surface area contributed by atoms with E-state index in [1.807, 2.05) is 19.9 Å². The van der Waals surface area contributed by atoms with Crippen molar-refractivity contribution in [3.63, 3.8) is 0 Å². The van der Waals surface area contributed by atoms with Crippen LogP contribution in [0.25, 0.3) is 5.69 Å². The lowest BCUT2D eigenvalue weighted by atomic mass is 10.2. The van der Waals surface area contributed by atoms with Crippen molar-refractivity contribution in [1.82, 2.24) is 14.7 Å². The highest BCUT2D eigenvalue weighted by Crippen LogP contribution is 2.30. The highest BCUT2D eigenvalue weighted by molar-refractivity contribution is 5.68. The average molecular weight is 410 g/mol. The van der Waals surface area contributed by atoms with E-state index in [1.165, 1.54) is 12.1 Å². The van der Waals surface area contributed by atoms with Gasteiger partial charge in [-0.15, -0.1) is 0 Å².